The Balaban J connectivity index is 1.71. The number of benzene rings is 2. The highest BCUT2D eigenvalue weighted by Gasteiger charge is 2.17. The average Bonchev–Trinajstić information content (AvgIpc) is 2.54. The predicted octanol–water partition coefficient (Wildman–Crippen LogP) is 3.30. The average molecular weight is 295 g/mol. The van der Waals surface area contributed by atoms with Crippen molar-refractivity contribution >= 4 is 17.4 Å². The van der Waals surface area contributed by atoms with Crippen molar-refractivity contribution in [3.63, 3.8) is 0 Å². The number of hydrogen-bond acceptors (Lipinski definition) is 3. The molecule has 5 nitrogen and oxygen atoms in total. The van der Waals surface area contributed by atoms with Crippen LogP contribution in [0.2, 0.25) is 0 Å². The van der Waals surface area contributed by atoms with Crippen molar-refractivity contribution < 1.29 is 9.53 Å². The van der Waals surface area contributed by atoms with E-state index < -0.39 is 0 Å². The molecular weight excluding hydrogens is 278 g/mol. The van der Waals surface area contributed by atoms with Crippen LogP contribution in [0.4, 0.5) is 10.5 Å². The molecule has 2 amide bonds. The molecule has 22 heavy (non-hydrogen) atoms. The van der Waals surface area contributed by atoms with Crippen LogP contribution in [0, 0.1) is 6.92 Å². The van der Waals surface area contributed by atoms with Gasteiger partial charge in [0.2, 0.25) is 0 Å². The molecule has 0 aliphatic carbocycles. The summed E-state index contributed by atoms with van der Waals surface area (Å²) in [6.45, 7) is 2.58. The van der Waals surface area contributed by atoms with Gasteiger partial charge in [0, 0.05) is 17.7 Å². The molecule has 1 heterocycles. The zero-order valence-corrected chi connectivity index (χ0v) is 12.3. The summed E-state index contributed by atoms with van der Waals surface area (Å²) in [6.07, 6.45) is 0.669. The lowest BCUT2D eigenvalue weighted by Crippen LogP contribution is -2.27. The second-order valence-electron chi connectivity index (χ2n) is 5.09. The maximum absolute atomic E-state index is 11.9. The molecule has 0 fully saturated rings. The summed E-state index contributed by atoms with van der Waals surface area (Å²) < 4.78 is 5.60. The molecule has 0 saturated carbocycles. The van der Waals surface area contributed by atoms with Crippen molar-refractivity contribution in [2.75, 3.05) is 11.9 Å². The first-order valence-corrected chi connectivity index (χ1v) is 7.15. The van der Waals surface area contributed by atoms with Crippen molar-refractivity contribution in [2.45, 2.75) is 13.3 Å². The summed E-state index contributed by atoms with van der Waals surface area (Å²) >= 11 is 0. The Bertz CT molecular complexity index is 711. The molecule has 1 aliphatic heterocycles. The van der Waals surface area contributed by atoms with Gasteiger partial charge in [-0.25, -0.2) is 10.2 Å². The fourth-order valence-electron chi connectivity index (χ4n) is 2.30. The number of nitrogens with one attached hydrogen (secondary N) is 2. The van der Waals surface area contributed by atoms with E-state index in [1.165, 1.54) is 0 Å². The van der Waals surface area contributed by atoms with Crippen LogP contribution in [0.3, 0.4) is 0 Å². The van der Waals surface area contributed by atoms with Gasteiger partial charge in [0.15, 0.2) is 0 Å². The van der Waals surface area contributed by atoms with Crippen LogP contribution in [0.25, 0.3) is 0 Å². The third-order valence-corrected chi connectivity index (χ3v) is 3.37. The summed E-state index contributed by atoms with van der Waals surface area (Å²) in [4.78, 5) is 11.9. The Morgan fingerprint density at radius 3 is 2.82 bits per heavy atom. The SMILES string of the molecule is Cc1ccc2c(c1)/C(=N/NC(=O)Nc1ccccc1)CCO2. The Morgan fingerprint density at radius 1 is 1.18 bits per heavy atom. The summed E-state index contributed by atoms with van der Waals surface area (Å²) in [5, 5.41) is 6.96. The van der Waals surface area contributed by atoms with E-state index >= 15 is 0 Å². The lowest BCUT2D eigenvalue weighted by atomic mass is 10.0. The van der Waals surface area contributed by atoms with Crippen LogP contribution in [0.15, 0.2) is 53.6 Å². The summed E-state index contributed by atoms with van der Waals surface area (Å²) in [5.74, 6) is 0.806. The third-order valence-electron chi connectivity index (χ3n) is 3.37. The molecule has 112 valence electrons. The van der Waals surface area contributed by atoms with Gasteiger partial charge in [0.25, 0.3) is 0 Å². The van der Waals surface area contributed by atoms with Crippen LogP contribution in [0.1, 0.15) is 17.5 Å². The van der Waals surface area contributed by atoms with E-state index in [0.29, 0.717) is 13.0 Å². The molecule has 0 atom stereocenters. The van der Waals surface area contributed by atoms with E-state index in [4.69, 9.17) is 4.74 Å². The molecule has 0 radical (unpaired) electrons. The lowest BCUT2D eigenvalue weighted by molar-refractivity contribution is 0.252. The molecule has 2 aromatic rings. The number of nitrogens with zero attached hydrogens (tertiary/aromatic N) is 1. The second kappa shape index (κ2) is 6.30. The van der Waals surface area contributed by atoms with Gasteiger partial charge in [-0.1, -0.05) is 29.8 Å². The van der Waals surface area contributed by atoms with Crippen LogP contribution < -0.4 is 15.5 Å². The first-order valence-electron chi connectivity index (χ1n) is 7.15. The van der Waals surface area contributed by atoms with Crippen molar-refractivity contribution in [2.24, 2.45) is 5.10 Å². The minimum absolute atomic E-state index is 0.362. The quantitative estimate of drug-likeness (QED) is 0.835. The number of anilines is 1. The number of carbonyl (C=O) groups is 1. The topological polar surface area (TPSA) is 62.7 Å². The number of carbonyl (C=O) groups excluding carboxylic acids is 1. The smallest absolute Gasteiger partial charge is 0.339 e. The van der Waals surface area contributed by atoms with E-state index in [9.17, 15) is 4.79 Å². The van der Waals surface area contributed by atoms with Gasteiger partial charge in [0.05, 0.1) is 12.3 Å². The zero-order valence-electron chi connectivity index (χ0n) is 12.3. The number of hydrogen-bond donors (Lipinski definition) is 2. The van der Waals surface area contributed by atoms with Crippen LogP contribution >= 0.6 is 0 Å². The molecule has 2 N–H and O–H groups in total. The van der Waals surface area contributed by atoms with E-state index in [-0.39, 0.29) is 6.03 Å². The molecule has 0 aromatic heterocycles. The number of urea groups is 1. The van der Waals surface area contributed by atoms with Gasteiger partial charge in [-0.05, 0) is 31.2 Å². The Kier molecular flexibility index (Phi) is 4.05. The van der Waals surface area contributed by atoms with Crippen molar-refractivity contribution in [1.82, 2.24) is 5.43 Å². The molecule has 0 unspecified atom stereocenters. The van der Waals surface area contributed by atoms with Crippen LogP contribution in [-0.2, 0) is 0 Å². The van der Waals surface area contributed by atoms with Gasteiger partial charge in [-0.15, -0.1) is 0 Å². The number of ether oxygens (including phenoxy) is 1. The highest BCUT2D eigenvalue weighted by Crippen LogP contribution is 2.25. The highest BCUT2D eigenvalue weighted by atomic mass is 16.5. The molecule has 0 spiro atoms. The Labute approximate surface area is 129 Å². The van der Waals surface area contributed by atoms with Crippen LogP contribution in [0.5, 0.6) is 5.75 Å². The van der Waals surface area contributed by atoms with E-state index in [1.807, 2.05) is 55.5 Å². The highest BCUT2D eigenvalue weighted by molar-refractivity contribution is 6.04. The monoisotopic (exact) mass is 295 g/mol. The molecule has 0 saturated heterocycles. The standard InChI is InChI=1S/C17H17N3O2/c1-12-7-8-16-14(11-12)15(9-10-22-16)19-20-17(21)18-13-5-3-2-4-6-13/h2-8,11H,9-10H2,1H3,(H2,18,20,21)/b19-15+. The first kappa shape index (κ1) is 14.1. The van der Waals surface area contributed by atoms with E-state index in [0.717, 1.165) is 28.3 Å². The summed E-state index contributed by atoms with van der Waals surface area (Å²) in [5.41, 5.74) is 6.16. The van der Waals surface area contributed by atoms with Gasteiger partial charge in [-0.2, -0.15) is 5.10 Å². The first-order chi connectivity index (χ1) is 10.7. The van der Waals surface area contributed by atoms with Crippen molar-refractivity contribution in [3.8, 4) is 5.75 Å². The maximum Gasteiger partial charge on any atom is 0.339 e. The minimum atomic E-state index is -0.362. The van der Waals surface area contributed by atoms with Crippen molar-refractivity contribution in [3.05, 3.63) is 59.7 Å². The lowest BCUT2D eigenvalue weighted by Gasteiger charge is -2.19. The number of aryl methyl sites for hydroxylation is 1. The molecule has 3 rings (SSSR count). The summed E-state index contributed by atoms with van der Waals surface area (Å²) in [7, 11) is 0. The fourth-order valence-corrected chi connectivity index (χ4v) is 2.30. The molecule has 5 heteroatoms. The van der Waals surface area contributed by atoms with Crippen LogP contribution in [-0.4, -0.2) is 18.3 Å². The number of hydrazone groups is 1. The van der Waals surface area contributed by atoms with Gasteiger partial charge < -0.3 is 10.1 Å². The van der Waals surface area contributed by atoms with E-state index in [1.54, 1.807) is 0 Å². The van der Waals surface area contributed by atoms with Gasteiger partial charge in [-0.3, -0.25) is 0 Å². The summed E-state index contributed by atoms with van der Waals surface area (Å²) in [6, 6.07) is 14.8. The maximum atomic E-state index is 11.9. The number of amides is 2. The number of rotatable bonds is 2. The number of para-hydroxylation sites is 1. The Morgan fingerprint density at radius 2 is 2.00 bits per heavy atom. The predicted molar refractivity (Wildman–Crippen MR) is 86.4 cm³/mol. The van der Waals surface area contributed by atoms with Crippen molar-refractivity contribution in [1.29, 1.82) is 0 Å². The minimum Gasteiger partial charge on any atom is -0.492 e. The largest absolute Gasteiger partial charge is 0.492 e. The molecule has 1 aliphatic rings. The molecule has 2 aromatic carbocycles. The second-order valence-corrected chi connectivity index (χ2v) is 5.09. The van der Waals surface area contributed by atoms with Gasteiger partial charge >= 0.3 is 6.03 Å². The third kappa shape index (κ3) is 3.25. The Hall–Kier alpha value is -2.82. The fraction of sp³-hybridized carbons (Fsp3) is 0.176. The zero-order chi connectivity index (χ0) is 15.4. The molecular formula is C17H17N3O2. The molecule has 0 bridgehead atoms. The number of fused-ring (bicyclic) bond motifs is 1. The van der Waals surface area contributed by atoms with Gasteiger partial charge in [0.1, 0.15) is 5.75 Å². The van der Waals surface area contributed by atoms with E-state index in [2.05, 4.69) is 15.8 Å². The normalized spacial score (nSPS) is 14.9.